The smallest absolute Gasteiger partial charge is 0.257 e. The predicted octanol–water partition coefficient (Wildman–Crippen LogP) is 3.64. The molecule has 1 amide bonds. The number of carbonyl (C=O) groups excluding carboxylic acids is 1. The van der Waals surface area contributed by atoms with Gasteiger partial charge in [-0.1, -0.05) is 41.1 Å². The van der Waals surface area contributed by atoms with Gasteiger partial charge in [0.25, 0.3) is 5.91 Å². The summed E-state index contributed by atoms with van der Waals surface area (Å²) in [5.74, 6) is 0.318. The molecule has 0 aliphatic rings. The van der Waals surface area contributed by atoms with Crippen molar-refractivity contribution in [3.8, 4) is 11.3 Å². The van der Waals surface area contributed by atoms with E-state index in [-0.39, 0.29) is 5.91 Å². The van der Waals surface area contributed by atoms with Crippen LogP contribution in [0.15, 0.2) is 52.5 Å². The van der Waals surface area contributed by atoms with E-state index in [4.69, 9.17) is 4.52 Å². The highest BCUT2D eigenvalue weighted by Crippen LogP contribution is 2.24. The molecule has 0 aliphatic heterocycles. The third kappa shape index (κ3) is 3.03. The summed E-state index contributed by atoms with van der Waals surface area (Å²) in [6.45, 7) is 2.52. The molecular formula is C16H14N2O2S. The Morgan fingerprint density at radius 3 is 2.81 bits per heavy atom. The molecule has 21 heavy (non-hydrogen) atoms. The van der Waals surface area contributed by atoms with Crippen molar-refractivity contribution >= 4 is 17.2 Å². The van der Waals surface area contributed by atoms with Crippen LogP contribution in [0.4, 0.5) is 0 Å². The molecule has 0 radical (unpaired) electrons. The fourth-order valence-corrected chi connectivity index (χ4v) is 2.63. The number of carbonyl (C=O) groups is 1. The molecule has 0 aliphatic carbocycles. The summed E-state index contributed by atoms with van der Waals surface area (Å²) in [5.41, 5.74) is 2.46. The molecule has 0 saturated heterocycles. The van der Waals surface area contributed by atoms with Gasteiger partial charge in [0.2, 0.25) is 0 Å². The predicted molar refractivity (Wildman–Crippen MR) is 82.2 cm³/mol. The Labute approximate surface area is 126 Å². The van der Waals surface area contributed by atoms with Gasteiger partial charge in [-0.05, 0) is 18.4 Å². The van der Waals surface area contributed by atoms with Crippen molar-refractivity contribution in [2.75, 3.05) is 0 Å². The van der Waals surface area contributed by atoms with E-state index >= 15 is 0 Å². The van der Waals surface area contributed by atoms with E-state index in [0.717, 1.165) is 16.0 Å². The molecule has 0 fully saturated rings. The summed E-state index contributed by atoms with van der Waals surface area (Å²) in [5, 5.41) is 8.62. The number of nitrogens with one attached hydrogen (secondary N) is 1. The molecule has 0 bridgehead atoms. The van der Waals surface area contributed by atoms with Gasteiger partial charge in [-0.15, -0.1) is 11.3 Å². The minimum atomic E-state index is -0.180. The van der Waals surface area contributed by atoms with Crippen molar-refractivity contribution in [1.82, 2.24) is 10.5 Å². The molecule has 0 saturated carbocycles. The topological polar surface area (TPSA) is 55.1 Å². The Kier molecular flexibility index (Phi) is 3.83. The van der Waals surface area contributed by atoms with Crippen LogP contribution in [-0.2, 0) is 6.54 Å². The number of amides is 1. The minimum Gasteiger partial charge on any atom is -0.355 e. The summed E-state index contributed by atoms with van der Waals surface area (Å²) < 4.78 is 5.24. The van der Waals surface area contributed by atoms with Gasteiger partial charge in [-0.2, -0.15) is 0 Å². The van der Waals surface area contributed by atoms with Crippen LogP contribution in [-0.4, -0.2) is 11.1 Å². The molecule has 0 spiro atoms. The number of hydrogen-bond acceptors (Lipinski definition) is 4. The van der Waals surface area contributed by atoms with Crippen molar-refractivity contribution in [3.05, 3.63) is 64.0 Å². The first kappa shape index (κ1) is 13.6. The van der Waals surface area contributed by atoms with E-state index in [1.54, 1.807) is 11.3 Å². The SMILES string of the molecule is Cc1ccc(-c2oncc2C(=O)NCc2cccs2)cc1. The van der Waals surface area contributed by atoms with Gasteiger partial charge in [0, 0.05) is 10.4 Å². The van der Waals surface area contributed by atoms with E-state index in [1.165, 1.54) is 6.20 Å². The number of rotatable bonds is 4. The molecule has 3 rings (SSSR count). The summed E-state index contributed by atoms with van der Waals surface area (Å²) in [4.78, 5) is 13.4. The summed E-state index contributed by atoms with van der Waals surface area (Å²) >= 11 is 1.61. The van der Waals surface area contributed by atoms with Crippen LogP contribution in [0.25, 0.3) is 11.3 Å². The Morgan fingerprint density at radius 1 is 1.29 bits per heavy atom. The third-order valence-electron chi connectivity index (χ3n) is 3.13. The average Bonchev–Trinajstić information content (AvgIpc) is 3.17. The highest BCUT2D eigenvalue weighted by molar-refractivity contribution is 7.09. The molecule has 4 nitrogen and oxygen atoms in total. The molecule has 0 atom stereocenters. The van der Waals surface area contributed by atoms with Crippen molar-refractivity contribution < 1.29 is 9.32 Å². The third-order valence-corrected chi connectivity index (χ3v) is 4.01. The Bertz CT molecular complexity index is 730. The average molecular weight is 298 g/mol. The number of aromatic nitrogens is 1. The van der Waals surface area contributed by atoms with Crippen molar-refractivity contribution in [3.63, 3.8) is 0 Å². The highest BCUT2D eigenvalue weighted by Gasteiger charge is 2.17. The number of hydrogen-bond donors (Lipinski definition) is 1. The van der Waals surface area contributed by atoms with Crippen LogP contribution >= 0.6 is 11.3 Å². The molecule has 106 valence electrons. The maximum atomic E-state index is 12.3. The monoisotopic (exact) mass is 298 g/mol. The maximum absolute atomic E-state index is 12.3. The van der Waals surface area contributed by atoms with E-state index in [9.17, 15) is 4.79 Å². The standard InChI is InChI=1S/C16H14N2O2S/c1-11-4-6-12(7-5-11)15-14(10-18-20-15)16(19)17-9-13-3-2-8-21-13/h2-8,10H,9H2,1H3,(H,17,19). The second-order valence-corrected chi connectivity index (χ2v) is 5.73. The van der Waals surface area contributed by atoms with Gasteiger partial charge in [0.1, 0.15) is 5.56 Å². The van der Waals surface area contributed by atoms with E-state index in [1.807, 2.05) is 48.7 Å². The van der Waals surface area contributed by atoms with Crippen molar-refractivity contribution in [1.29, 1.82) is 0 Å². The maximum Gasteiger partial charge on any atom is 0.257 e. The fourth-order valence-electron chi connectivity index (χ4n) is 1.99. The number of nitrogens with zero attached hydrogens (tertiary/aromatic N) is 1. The van der Waals surface area contributed by atoms with Gasteiger partial charge >= 0.3 is 0 Å². The molecule has 1 N–H and O–H groups in total. The lowest BCUT2D eigenvalue weighted by atomic mass is 10.1. The minimum absolute atomic E-state index is 0.180. The van der Waals surface area contributed by atoms with Crippen LogP contribution in [0, 0.1) is 6.92 Å². The molecule has 2 aromatic heterocycles. The van der Waals surface area contributed by atoms with Crippen LogP contribution in [0.2, 0.25) is 0 Å². The molecule has 5 heteroatoms. The summed E-state index contributed by atoms with van der Waals surface area (Å²) in [6.07, 6.45) is 1.46. The van der Waals surface area contributed by atoms with Gasteiger partial charge in [0.15, 0.2) is 5.76 Å². The van der Waals surface area contributed by atoms with Crippen molar-refractivity contribution in [2.24, 2.45) is 0 Å². The molecule has 3 aromatic rings. The first-order valence-electron chi connectivity index (χ1n) is 6.56. The van der Waals surface area contributed by atoms with Gasteiger partial charge < -0.3 is 9.84 Å². The zero-order valence-electron chi connectivity index (χ0n) is 11.5. The first-order valence-corrected chi connectivity index (χ1v) is 7.44. The van der Waals surface area contributed by atoms with Crippen molar-refractivity contribution in [2.45, 2.75) is 13.5 Å². The largest absolute Gasteiger partial charge is 0.355 e. The fraction of sp³-hybridized carbons (Fsp3) is 0.125. The Balaban J connectivity index is 1.78. The van der Waals surface area contributed by atoms with Crippen LogP contribution < -0.4 is 5.32 Å². The van der Waals surface area contributed by atoms with Crippen LogP contribution in [0.1, 0.15) is 20.8 Å². The molecular weight excluding hydrogens is 284 g/mol. The van der Waals surface area contributed by atoms with Gasteiger partial charge in [-0.3, -0.25) is 4.79 Å². The number of benzene rings is 1. The number of thiophene rings is 1. The van der Waals surface area contributed by atoms with E-state index in [2.05, 4.69) is 10.5 Å². The highest BCUT2D eigenvalue weighted by atomic mass is 32.1. The van der Waals surface area contributed by atoms with E-state index < -0.39 is 0 Å². The second kappa shape index (κ2) is 5.93. The molecule has 0 unspecified atom stereocenters. The lowest BCUT2D eigenvalue weighted by molar-refractivity contribution is 0.0951. The van der Waals surface area contributed by atoms with Gasteiger partial charge in [0.05, 0.1) is 12.7 Å². The van der Waals surface area contributed by atoms with E-state index in [0.29, 0.717) is 17.9 Å². The lowest BCUT2D eigenvalue weighted by Gasteiger charge is -2.03. The quantitative estimate of drug-likeness (QED) is 0.800. The van der Waals surface area contributed by atoms with Crippen LogP contribution in [0.3, 0.4) is 0 Å². The zero-order valence-corrected chi connectivity index (χ0v) is 12.3. The molecule has 2 heterocycles. The zero-order chi connectivity index (χ0) is 14.7. The molecule has 1 aromatic carbocycles. The number of aryl methyl sites for hydroxylation is 1. The second-order valence-electron chi connectivity index (χ2n) is 4.70. The normalized spacial score (nSPS) is 10.5. The Morgan fingerprint density at radius 2 is 2.10 bits per heavy atom. The first-order chi connectivity index (χ1) is 10.2. The van der Waals surface area contributed by atoms with Gasteiger partial charge in [-0.25, -0.2) is 0 Å². The van der Waals surface area contributed by atoms with Crippen LogP contribution in [0.5, 0.6) is 0 Å². The Hall–Kier alpha value is -2.40. The summed E-state index contributed by atoms with van der Waals surface area (Å²) in [7, 11) is 0. The lowest BCUT2D eigenvalue weighted by Crippen LogP contribution is -2.22. The summed E-state index contributed by atoms with van der Waals surface area (Å²) in [6, 6.07) is 11.7.